The summed E-state index contributed by atoms with van der Waals surface area (Å²) in [6.45, 7) is 15.5. The third kappa shape index (κ3) is 5.84. The third-order valence-electron chi connectivity index (χ3n) is 3.50. The van der Waals surface area contributed by atoms with Gasteiger partial charge in [0.25, 0.3) is 0 Å². The normalized spacial score (nSPS) is 23.6. The topological polar surface area (TPSA) is 24.5 Å². The molecule has 0 aromatic heterocycles. The minimum Gasteiger partial charge on any atom is -0.382 e. The summed E-state index contributed by atoms with van der Waals surface area (Å²) in [5.41, 5.74) is 0.350. The Morgan fingerprint density at radius 3 is 2.76 bits per heavy atom. The molecule has 3 heteroatoms. The fourth-order valence-corrected chi connectivity index (χ4v) is 2.31. The summed E-state index contributed by atoms with van der Waals surface area (Å²) >= 11 is 0. The van der Waals surface area contributed by atoms with Crippen molar-refractivity contribution in [2.45, 2.75) is 46.6 Å². The van der Waals surface area contributed by atoms with Gasteiger partial charge in [0.2, 0.25) is 0 Å². The van der Waals surface area contributed by atoms with Crippen LogP contribution in [-0.4, -0.2) is 50.3 Å². The van der Waals surface area contributed by atoms with Crippen LogP contribution in [0.1, 0.15) is 40.5 Å². The van der Waals surface area contributed by atoms with Crippen LogP contribution in [0.25, 0.3) is 0 Å². The monoisotopic (exact) mass is 242 g/mol. The number of rotatable bonds is 5. The third-order valence-corrected chi connectivity index (χ3v) is 3.50. The molecule has 0 aromatic carbocycles. The maximum Gasteiger partial charge on any atom is 0.0478 e. The van der Waals surface area contributed by atoms with Gasteiger partial charge in [-0.3, -0.25) is 0 Å². The summed E-state index contributed by atoms with van der Waals surface area (Å²) in [6, 6.07) is 0.608. The van der Waals surface area contributed by atoms with Gasteiger partial charge in [-0.25, -0.2) is 0 Å². The Labute approximate surface area is 107 Å². The Balaban J connectivity index is 2.33. The molecule has 0 spiro atoms. The first-order valence-corrected chi connectivity index (χ1v) is 7.07. The van der Waals surface area contributed by atoms with Gasteiger partial charge in [-0.1, -0.05) is 20.8 Å². The highest BCUT2D eigenvalue weighted by molar-refractivity contribution is 4.85. The van der Waals surface area contributed by atoms with Gasteiger partial charge >= 0.3 is 0 Å². The molecule has 1 N–H and O–H groups in total. The minimum absolute atomic E-state index is 0.350. The molecule has 1 unspecified atom stereocenters. The smallest absolute Gasteiger partial charge is 0.0478 e. The highest BCUT2D eigenvalue weighted by Gasteiger charge is 2.27. The van der Waals surface area contributed by atoms with Gasteiger partial charge in [0, 0.05) is 32.3 Å². The fourth-order valence-electron chi connectivity index (χ4n) is 2.31. The fraction of sp³-hybridized carbons (Fsp3) is 1.00. The van der Waals surface area contributed by atoms with Crippen molar-refractivity contribution in [1.29, 1.82) is 0 Å². The lowest BCUT2D eigenvalue weighted by Gasteiger charge is -2.33. The van der Waals surface area contributed by atoms with E-state index in [9.17, 15) is 0 Å². The van der Waals surface area contributed by atoms with E-state index in [1.807, 2.05) is 0 Å². The first-order chi connectivity index (χ1) is 8.04. The van der Waals surface area contributed by atoms with Crippen LogP contribution < -0.4 is 5.32 Å². The zero-order valence-electron chi connectivity index (χ0n) is 12.1. The van der Waals surface area contributed by atoms with Gasteiger partial charge in [-0.2, -0.15) is 0 Å². The molecular weight excluding hydrogens is 212 g/mol. The molecule has 3 nitrogen and oxygen atoms in total. The number of hydrogen-bond donors (Lipinski definition) is 1. The predicted molar refractivity (Wildman–Crippen MR) is 73.4 cm³/mol. The summed E-state index contributed by atoms with van der Waals surface area (Å²) in [6.07, 6.45) is 2.42. The van der Waals surface area contributed by atoms with Crippen LogP contribution in [0.5, 0.6) is 0 Å². The quantitative estimate of drug-likeness (QED) is 0.747. The Morgan fingerprint density at radius 1 is 1.35 bits per heavy atom. The second-order valence-corrected chi connectivity index (χ2v) is 6.08. The number of hydrogen-bond acceptors (Lipinski definition) is 3. The van der Waals surface area contributed by atoms with Crippen molar-refractivity contribution in [3.05, 3.63) is 0 Å². The van der Waals surface area contributed by atoms with E-state index in [-0.39, 0.29) is 0 Å². The van der Waals surface area contributed by atoms with Gasteiger partial charge in [-0.05, 0) is 38.3 Å². The van der Waals surface area contributed by atoms with Crippen LogP contribution in [0.15, 0.2) is 0 Å². The first-order valence-electron chi connectivity index (χ1n) is 7.07. The van der Waals surface area contributed by atoms with E-state index in [0.717, 1.165) is 26.2 Å². The molecule has 0 saturated carbocycles. The summed E-state index contributed by atoms with van der Waals surface area (Å²) in [7, 11) is 0. The number of ether oxygens (including phenoxy) is 1. The average Bonchev–Trinajstić information content (AvgIpc) is 2.49. The van der Waals surface area contributed by atoms with E-state index in [0.29, 0.717) is 11.5 Å². The molecule has 1 aliphatic rings. The zero-order chi connectivity index (χ0) is 12.7. The Kier molecular flexibility index (Phi) is 6.45. The molecule has 0 bridgehead atoms. The summed E-state index contributed by atoms with van der Waals surface area (Å²) in [5, 5.41) is 3.68. The Hall–Kier alpha value is -0.120. The van der Waals surface area contributed by atoms with Crippen molar-refractivity contribution in [2.75, 3.05) is 39.4 Å². The lowest BCUT2D eigenvalue weighted by Crippen LogP contribution is -2.46. The average molecular weight is 242 g/mol. The van der Waals surface area contributed by atoms with E-state index in [2.05, 4.69) is 37.9 Å². The minimum atomic E-state index is 0.350. The van der Waals surface area contributed by atoms with E-state index in [1.165, 1.54) is 26.1 Å². The maximum atomic E-state index is 5.41. The van der Waals surface area contributed by atoms with Gasteiger partial charge in [0.15, 0.2) is 0 Å². The van der Waals surface area contributed by atoms with Crippen molar-refractivity contribution >= 4 is 0 Å². The molecule has 1 atom stereocenters. The lowest BCUT2D eigenvalue weighted by atomic mass is 9.86. The van der Waals surface area contributed by atoms with Crippen LogP contribution in [0.3, 0.4) is 0 Å². The molecule has 0 aromatic rings. The zero-order valence-corrected chi connectivity index (χ0v) is 12.1. The number of nitrogens with zero attached hydrogens (tertiary/aromatic N) is 1. The molecule has 17 heavy (non-hydrogen) atoms. The van der Waals surface area contributed by atoms with Crippen LogP contribution in [0.2, 0.25) is 0 Å². The van der Waals surface area contributed by atoms with E-state index in [4.69, 9.17) is 4.74 Å². The van der Waals surface area contributed by atoms with Crippen molar-refractivity contribution in [3.63, 3.8) is 0 Å². The second kappa shape index (κ2) is 7.34. The highest BCUT2D eigenvalue weighted by atomic mass is 16.5. The largest absolute Gasteiger partial charge is 0.382 e. The molecule has 1 fully saturated rings. The SMILES string of the molecule is CCOCCCN1CCCNC(C(C)(C)C)C1. The van der Waals surface area contributed by atoms with Crippen LogP contribution in [0, 0.1) is 5.41 Å². The summed E-state index contributed by atoms with van der Waals surface area (Å²) in [5.74, 6) is 0. The lowest BCUT2D eigenvalue weighted by molar-refractivity contribution is 0.126. The maximum absolute atomic E-state index is 5.41. The van der Waals surface area contributed by atoms with Gasteiger partial charge < -0.3 is 15.0 Å². The van der Waals surface area contributed by atoms with Crippen LogP contribution >= 0.6 is 0 Å². The van der Waals surface area contributed by atoms with Gasteiger partial charge in [0.1, 0.15) is 0 Å². The van der Waals surface area contributed by atoms with E-state index >= 15 is 0 Å². The molecular formula is C14H30N2O. The molecule has 1 rings (SSSR count). The highest BCUT2D eigenvalue weighted by Crippen LogP contribution is 2.21. The van der Waals surface area contributed by atoms with Crippen molar-refractivity contribution in [1.82, 2.24) is 10.2 Å². The first kappa shape index (κ1) is 14.9. The molecule has 0 amide bonds. The predicted octanol–water partition coefficient (Wildman–Crippen LogP) is 2.12. The van der Waals surface area contributed by atoms with Crippen LogP contribution in [-0.2, 0) is 4.74 Å². The van der Waals surface area contributed by atoms with Gasteiger partial charge in [0.05, 0.1) is 0 Å². The van der Waals surface area contributed by atoms with Crippen molar-refractivity contribution in [2.24, 2.45) is 5.41 Å². The van der Waals surface area contributed by atoms with E-state index in [1.54, 1.807) is 0 Å². The molecule has 0 radical (unpaired) electrons. The van der Waals surface area contributed by atoms with Crippen LogP contribution in [0.4, 0.5) is 0 Å². The Morgan fingerprint density at radius 2 is 2.12 bits per heavy atom. The summed E-state index contributed by atoms with van der Waals surface area (Å²) in [4.78, 5) is 2.59. The molecule has 1 heterocycles. The Bertz CT molecular complexity index is 201. The number of nitrogens with one attached hydrogen (secondary N) is 1. The van der Waals surface area contributed by atoms with E-state index < -0.39 is 0 Å². The summed E-state index contributed by atoms with van der Waals surface area (Å²) < 4.78 is 5.41. The molecule has 1 aliphatic heterocycles. The second-order valence-electron chi connectivity index (χ2n) is 6.08. The standard InChI is InChI=1S/C14H30N2O/c1-5-17-11-7-10-16-9-6-8-15-13(12-16)14(2,3)4/h13,15H,5-12H2,1-4H3. The molecule has 102 valence electrons. The van der Waals surface area contributed by atoms with Gasteiger partial charge in [-0.15, -0.1) is 0 Å². The molecule has 0 aliphatic carbocycles. The molecule has 1 saturated heterocycles. The van der Waals surface area contributed by atoms with Crippen molar-refractivity contribution in [3.8, 4) is 0 Å². The van der Waals surface area contributed by atoms with Crippen molar-refractivity contribution < 1.29 is 4.74 Å².